The fraction of sp³-hybridized carbons (Fsp3) is 0.125. The first-order valence-electron chi connectivity index (χ1n) is 7.25. The van der Waals surface area contributed by atoms with Crippen LogP contribution < -0.4 is 15.6 Å². The van der Waals surface area contributed by atoms with Crippen molar-refractivity contribution in [2.24, 2.45) is 0 Å². The van der Waals surface area contributed by atoms with Gasteiger partial charge in [-0.05, 0) is 25.1 Å². The van der Waals surface area contributed by atoms with Crippen LogP contribution in [0, 0.1) is 15.9 Å². The number of ether oxygens (including phenoxy) is 1. The fourth-order valence-corrected chi connectivity index (χ4v) is 2.08. The second-order valence-electron chi connectivity index (χ2n) is 5.06. The maximum atomic E-state index is 13.5. The van der Waals surface area contributed by atoms with E-state index in [-0.39, 0.29) is 22.0 Å². The molecule has 8 nitrogen and oxygen atoms in total. The van der Waals surface area contributed by atoms with E-state index in [0.29, 0.717) is 0 Å². The minimum atomic E-state index is -1.12. The Morgan fingerprint density at radius 2 is 1.92 bits per heavy atom. The van der Waals surface area contributed by atoms with Crippen molar-refractivity contribution in [2.75, 3.05) is 0 Å². The number of carbonyl (C=O) groups is 2. The largest absolute Gasteiger partial charge is 0.478 e. The molecule has 136 valence electrons. The van der Waals surface area contributed by atoms with Crippen LogP contribution in [0.1, 0.15) is 17.3 Å². The number of hydrazine groups is 1. The molecule has 0 spiro atoms. The molecule has 0 aromatic heterocycles. The Morgan fingerprint density at radius 1 is 1.23 bits per heavy atom. The maximum Gasteiger partial charge on any atom is 0.279 e. The third-order valence-corrected chi connectivity index (χ3v) is 3.54. The summed E-state index contributed by atoms with van der Waals surface area (Å²) in [5, 5.41) is 10.7. The molecule has 1 atom stereocenters. The zero-order valence-corrected chi connectivity index (χ0v) is 14.1. The molecule has 0 aliphatic heterocycles. The maximum absolute atomic E-state index is 13.5. The van der Waals surface area contributed by atoms with E-state index in [2.05, 4.69) is 10.9 Å². The summed E-state index contributed by atoms with van der Waals surface area (Å²) in [5.74, 6) is -2.38. The summed E-state index contributed by atoms with van der Waals surface area (Å²) in [4.78, 5) is 34.1. The molecule has 0 aliphatic rings. The van der Waals surface area contributed by atoms with E-state index >= 15 is 0 Å². The van der Waals surface area contributed by atoms with Gasteiger partial charge in [-0.1, -0.05) is 23.7 Å². The highest BCUT2D eigenvalue weighted by Crippen LogP contribution is 2.22. The lowest BCUT2D eigenvalue weighted by molar-refractivity contribution is -0.384. The van der Waals surface area contributed by atoms with E-state index in [0.717, 1.165) is 12.1 Å². The molecule has 0 saturated heterocycles. The van der Waals surface area contributed by atoms with E-state index in [1.807, 2.05) is 0 Å². The van der Waals surface area contributed by atoms with E-state index in [1.54, 1.807) is 0 Å². The molecule has 2 amide bonds. The first kappa shape index (κ1) is 19.1. The highest BCUT2D eigenvalue weighted by molar-refractivity contribution is 6.34. The van der Waals surface area contributed by atoms with Crippen molar-refractivity contribution in [3.8, 4) is 5.75 Å². The smallest absolute Gasteiger partial charge is 0.279 e. The van der Waals surface area contributed by atoms with Gasteiger partial charge in [0.1, 0.15) is 0 Å². The van der Waals surface area contributed by atoms with Gasteiger partial charge in [0.25, 0.3) is 17.5 Å². The zero-order chi connectivity index (χ0) is 19.3. The molecule has 0 unspecified atom stereocenters. The lowest BCUT2D eigenvalue weighted by Crippen LogP contribution is -2.47. The number of nitro groups is 1. The van der Waals surface area contributed by atoms with Crippen molar-refractivity contribution in [1.29, 1.82) is 0 Å². The molecule has 0 aliphatic carbocycles. The van der Waals surface area contributed by atoms with Crippen molar-refractivity contribution in [2.45, 2.75) is 13.0 Å². The van der Waals surface area contributed by atoms with Gasteiger partial charge in [-0.15, -0.1) is 0 Å². The monoisotopic (exact) mass is 381 g/mol. The number of hydrogen-bond donors (Lipinski definition) is 2. The summed E-state index contributed by atoms with van der Waals surface area (Å²) in [5.41, 5.74) is 3.63. The Balaban J connectivity index is 1.98. The predicted octanol–water partition coefficient (Wildman–Crippen LogP) is 2.62. The number of amides is 2. The Morgan fingerprint density at radius 3 is 2.58 bits per heavy atom. The number of hydrogen-bond acceptors (Lipinski definition) is 5. The summed E-state index contributed by atoms with van der Waals surface area (Å²) in [6.07, 6.45) is -1.12. The number of non-ortho nitro benzene ring substituents is 1. The zero-order valence-electron chi connectivity index (χ0n) is 13.4. The molecule has 10 heteroatoms. The lowest BCUT2D eigenvalue weighted by Gasteiger charge is -2.15. The van der Waals surface area contributed by atoms with Crippen LogP contribution in [-0.2, 0) is 4.79 Å². The molecular formula is C16H13ClFN3O5. The second-order valence-corrected chi connectivity index (χ2v) is 5.46. The minimum absolute atomic E-state index is 0.0296. The number of nitrogens with zero attached hydrogens (tertiary/aromatic N) is 1. The van der Waals surface area contributed by atoms with Gasteiger partial charge >= 0.3 is 0 Å². The van der Waals surface area contributed by atoms with Crippen molar-refractivity contribution in [1.82, 2.24) is 10.9 Å². The lowest BCUT2D eigenvalue weighted by atomic mass is 10.2. The standard InChI is InChI=1S/C16H13ClFN3O5/c1-9(26-14-5-3-2-4-13(14)18)15(22)19-20-16(23)11-8-10(21(24)25)6-7-12(11)17/h2-9H,1H3,(H,19,22)(H,20,23)/t9-/m1/s1. The number of nitrogens with one attached hydrogen (secondary N) is 2. The molecule has 0 fully saturated rings. The third kappa shape index (κ3) is 4.67. The van der Waals surface area contributed by atoms with E-state index in [4.69, 9.17) is 16.3 Å². The average molecular weight is 382 g/mol. The minimum Gasteiger partial charge on any atom is -0.478 e. The van der Waals surface area contributed by atoms with Gasteiger partial charge in [-0.2, -0.15) is 0 Å². The normalized spacial score (nSPS) is 11.3. The molecule has 2 rings (SSSR count). The van der Waals surface area contributed by atoms with Gasteiger partial charge in [0.05, 0.1) is 15.5 Å². The molecule has 0 heterocycles. The fourth-order valence-electron chi connectivity index (χ4n) is 1.87. The van der Waals surface area contributed by atoms with Crippen LogP contribution in [0.3, 0.4) is 0 Å². The summed E-state index contributed by atoms with van der Waals surface area (Å²) in [6.45, 7) is 1.36. The second kappa shape index (κ2) is 8.26. The topological polar surface area (TPSA) is 111 Å². The first-order valence-corrected chi connectivity index (χ1v) is 7.62. The summed E-state index contributed by atoms with van der Waals surface area (Å²) < 4.78 is 18.7. The van der Waals surface area contributed by atoms with Crippen molar-refractivity contribution >= 4 is 29.1 Å². The SMILES string of the molecule is C[C@@H](Oc1ccccc1F)C(=O)NNC(=O)c1cc([N+](=O)[O-])ccc1Cl. The summed E-state index contributed by atoms with van der Waals surface area (Å²) in [7, 11) is 0. The third-order valence-electron chi connectivity index (χ3n) is 3.21. The van der Waals surface area contributed by atoms with Crippen molar-refractivity contribution < 1.29 is 23.6 Å². The number of carbonyl (C=O) groups excluding carboxylic acids is 2. The molecular weight excluding hydrogens is 369 g/mol. The Kier molecular flexibility index (Phi) is 6.07. The Hall–Kier alpha value is -3.20. The quantitative estimate of drug-likeness (QED) is 0.611. The van der Waals surface area contributed by atoms with Crippen LogP contribution in [0.25, 0.3) is 0 Å². The molecule has 26 heavy (non-hydrogen) atoms. The van der Waals surface area contributed by atoms with Gasteiger partial charge in [0, 0.05) is 12.1 Å². The molecule has 0 bridgehead atoms. The van der Waals surface area contributed by atoms with Gasteiger partial charge in [-0.25, -0.2) is 4.39 Å². The van der Waals surface area contributed by atoms with Gasteiger partial charge < -0.3 is 4.74 Å². The number of benzene rings is 2. The van der Waals surface area contributed by atoms with E-state index in [1.165, 1.54) is 37.3 Å². The van der Waals surface area contributed by atoms with Crippen LogP contribution in [0.15, 0.2) is 42.5 Å². The summed E-state index contributed by atoms with van der Waals surface area (Å²) >= 11 is 5.84. The number of rotatable bonds is 5. The molecule has 2 aromatic rings. The van der Waals surface area contributed by atoms with Crippen LogP contribution >= 0.6 is 11.6 Å². The summed E-state index contributed by atoms with van der Waals surface area (Å²) in [6, 6.07) is 8.84. The predicted molar refractivity (Wildman–Crippen MR) is 90.2 cm³/mol. The Bertz CT molecular complexity index is 862. The van der Waals surface area contributed by atoms with Crippen molar-refractivity contribution in [3.05, 3.63) is 69.0 Å². The van der Waals surface area contributed by atoms with E-state index in [9.17, 15) is 24.1 Å². The molecule has 2 N–H and O–H groups in total. The van der Waals surface area contributed by atoms with E-state index < -0.39 is 28.7 Å². The number of nitro benzene ring substituents is 1. The molecule has 2 aromatic carbocycles. The van der Waals surface area contributed by atoms with Gasteiger partial charge in [0.2, 0.25) is 0 Å². The van der Waals surface area contributed by atoms with Crippen LogP contribution in [0.2, 0.25) is 5.02 Å². The highest BCUT2D eigenvalue weighted by Gasteiger charge is 2.19. The van der Waals surface area contributed by atoms with Crippen molar-refractivity contribution in [3.63, 3.8) is 0 Å². The number of halogens is 2. The van der Waals surface area contributed by atoms with Crippen LogP contribution in [0.5, 0.6) is 5.75 Å². The van der Waals surface area contributed by atoms with Crippen LogP contribution in [0.4, 0.5) is 10.1 Å². The average Bonchev–Trinajstić information content (AvgIpc) is 2.61. The molecule has 0 saturated carbocycles. The van der Waals surface area contributed by atoms with Crippen LogP contribution in [-0.4, -0.2) is 22.8 Å². The number of para-hydroxylation sites is 1. The van der Waals surface area contributed by atoms with Gasteiger partial charge in [-0.3, -0.25) is 30.6 Å². The first-order chi connectivity index (χ1) is 12.3. The highest BCUT2D eigenvalue weighted by atomic mass is 35.5. The molecule has 0 radical (unpaired) electrons. The Labute approximate surface area is 152 Å². The van der Waals surface area contributed by atoms with Gasteiger partial charge in [0.15, 0.2) is 17.7 Å².